The lowest BCUT2D eigenvalue weighted by molar-refractivity contribution is 0.273. The number of rotatable bonds is 6. The first kappa shape index (κ1) is 31.4. The van der Waals surface area contributed by atoms with E-state index < -0.39 is 44.0 Å². The smallest absolute Gasteiger partial charge is 0.395 e. The Morgan fingerprint density at radius 1 is 0.696 bits per heavy atom. The molecule has 146 valence electrons. The average molecular weight is 436 g/mol. The van der Waals surface area contributed by atoms with Crippen molar-refractivity contribution in [3.8, 4) is 0 Å². The third-order valence-corrected chi connectivity index (χ3v) is 1.86. The van der Waals surface area contributed by atoms with Crippen LogP contribution in [0.25, 0.3) is 0 Å². The quantitative estimate of drug-likeness (QED) is 0.267. The predicted molar refractivity (Wildman–Crippen MR) is 82.4 cm³/mol. The van der Waals surface area contributed by atoms with Gasteiger partial charge in [-0.15, -0.1) is 34.8 Å². The van der Waals surface area contributed by atoms with Crippen LogP contribution >= 0.6 is 42.6 Å². The second-order valence-electron chi connectivity index (χ2n) is 3.32. The highest BCUT2D eigenvalue weighted by Crippen LogP contribution is 2.25. The van der Waals surface area contributed by atoms with Crippen molar-refractivity contribution in [2.24, 2.45) is 0 Å². The van der Waals surface area contributed by atoms with Gasteiger partial charge in [0.2, 0.25) is 0 Å². The van der Waals surface area contributed by atoms with Gasteiger partial charge in [-0.05, 0) is 0 Å². The summed E-state index contributed by atoms with van der Waals surface area (Å²) in [5.74, 6) is 0. The van der Waals surface area contributed by atoms with Crippen molar-refractivity contribution in [1.82, 2.24) is 0 Å². The van der Waals surface area contributed by atoms with Crippen molar-refractivity contribution in [2.75, 3.05) is 39.8 Å². The summed E-state index contributed by atoms with van der Waals surface area (Å²) in [6, 6.07) is 0. The summed E-state index contributed by atoms with van der Waals surface area (Å²) >= 11 is 15.1. The minimum Gasteiger partial charge on any atom is -0.395 e. The zero-order valence-corrected chi connectivity index (χ0v) is 14.9. The first-order valence-electron chi connectivity index (χ1n) is 5.64. The monoisotopic (exact) mass is 434 g/mol. The van der Waals surface area contributed by atoms with E-state index in [1.165, 1.54) is 0 Å². The highest BCUT2D eigenvalue weighted by atomic mass is 35.5. The number of hydrogen-bond donors (Lipinski definition) is 6. The van der Waals surface area contributed by atoms with Crippen LogP contribution in [0.3, 0.4) is 0 Å². The predicted octanol–water partition coefficient (Wildman–Crippen LogP) is 0.738. The molecule has 0 rings (SSSR count). The maximum absolute atomic E-state index is 11.1. The summed E-state index contributed by atoms with van der Waals surface area (Å²) in [5.41, 5.74) is 0. The second kappa shape index (κ2) is 22.6. The number of phosphoric acid groups is 1. The second-order valence-corrected chi connectivity index (χ2v) is 6.19. The Labute approximate surface area is 146 Å². The molecule has 0 amide bonds. The molecular formula is C9H21Cl3F3O7P. The van der Waals surface area contributed by atoms with E-state index in [1.807, 2.05) is 0 Å². The van der Waals surface area contributed by atoms with Gasteiger partial charge in [-0.3, -0.25) is 0 Å². The topological polar surface area (TPSA) is 138 Å². The zero-order chi connectivity index (χ0) is 19.5. The van der Waals surface area contributed by atoms with Crippen LogP contribution in [-0.4, -0.2) is 86.0 Å². The van der Waals surface area contributed by atoms with E-state index in [0.717, 1.165) is 0 Å². The summed E-state index contributed by atoms with van der Waals surface area (Å²) in [6.07, 6.45) is 0. The molecular weight excluding hydrogens is 414 g/mol. The first-order valence-corrected chi connectivity index (χ1v) is 8.51. The molecule has 0 aromatic rings. The Morgan fingerprint density at radius 2 is 0.826 bits per heavy atom. The lowest BCUT2D eigenvalue weighted by Crippen LogP contribution is -2.05. The molecule has 14 heteroatoms. The molecule has 0 aromatic carbocycles. The van der Waals surface area contributed by atoms with Crippen molar-refractivity contribution in [3.05, 3.63) is 0 Å². The van der Waals surface area contributed by atoms with Gasteiger partial charge >= 0.3 is 7.82 Å². The van der Waals surface area contributed by atoms with Gasteiger partial charge in [0.15, 0.2) is 0 Å². The van der Waals surface area contributed by atoms with Crippen molar-refractivity contribution in [2.45, 2.75) is 16.1 Å². The van der Waals surface area contributed by atoms with Gasteiger partial charge < -0.3 is 30.0 Å². The van der Waals surface area contributed by atoms with E-state index in [2.05, 4.69) is 0 Å². The van der Waals surface area contributed by atoms with Crippen molar-refractivity contribution < 1.29 is 47.7 Å². The fourth-order valence-electron chi connectivity index (χ4n) is 0.146. The third-order valence-electron chi connectivity index (χ3n) is 1.10. The zero-order valence-electron chi connectivity index (χ0n) is 11.8. The van der Waals surface area contributed by atoms with E-state index in [1.54, 1.807) is 0 Å². The van der Waals surface area contributed by atoms with E-state index in [-0.39, 0.29) is 19.8 Å². The van der Waals surface area contributed by atoms with Crippen LogP contribution in [0, 0.1) is 0 Å². The van der Waals surface area contributed by atoms with Gasteiger partial charge in [0.05, 0.1) is 36.0 Å². The van der Waals surface area contributed by atoms with Crippen LogP contribution in [0.1, 0.15) is 0 Å². The van der Waals surface area contributed by atoms with E-state index in [4.69, 9.17) is 69.4 Å². The molecule has 7 nitrogen and oxygen atoms in total. The molecule has 3 unspecified atom stereocenters. The van der Waals surface area contributed by atoms with Crippen LogP contribution in [-0.2, 0) is 4.57 Å². The Morgan fingerprint density at radius 3 is 0.826 bits per heavy atom. The summed E-state index contributed by atoms with van der Waals surface area (Å²) in [4.78, 5) is 21.6. The molecule has 3 atom stereocenters. The molecule has 0 bridgehead atoms. The molecule has 0 heterocycles. The first-order chi connectivity index (χ1) is 10.4. The Balaban J connectivity index is -0.000000105. The Hall–Kier alpha value is 0.650. The molecule has 0 saturated heterocycles. The van der Waals surface area contributed by atoms with Crippen molar-refractivity contribution in [1.29, 1.82) is 0 Å². The van der Waals surface area contributed by atoms with Gasteiger partial charge in [0, 0.05) is 0 Å². The minimum atomic E-state index is -4.64. The lowest BCUT2D eigenvalue weighted by atomic mass is 10.5. The molecule has 0 fully saturated rings. The van der Waals surface area contributed by atoms with Gasteiger partial charge in [0.25, 0.3) is 0 Å². The molecule has 0 aliphatic heterocycles. The summed E-state index contributed by atoms with van der Waals surface area (Å²) in [7, 11) is -4.64. The van der Waals surface area contributed by atoms with Crippen LogP contribution in [0.2, 0.25) is 0 Å². The third kappa shape index (κ3) is 60.4. The molecule has 0 aromatic heterocycles. The van der Waals surface area contributed by atoms with E-state index in [0.29, 0.717) is 0 Å². The van der Waals surface area contributed by atoms with Gasteiger partial charge in [-0.2, -0.15) is 0 Å². The van der Waals surface area contributed by atoms with E-state index >= 15 is 0 Å². The number of halogens is 6. The maximum Gasteiger partial charge on any atom is 0.466 e. The molecule has 0 aliphatic carbocycles. The highest BCUT2D eigenvalue weighted by molar-refractivity contribution is 7.45. The largest absolute Gasteiger partial charge is 0.466 e. The van der Waals surface area contributed by atoms with Crippen LogP contribution in [0.5, 0.6) is 0 Å². The van der Waals surface area contributed by atoms with Crippen LogP contribution in [0.4, 0.5) is 13.2 Å². The van der Waals surface area contributed by atoms with Crippen LogP contribution in [0.15, 0.2) is 0 Å². The van der Waals surface area contributed by atoms with Crippen molar-refractivity contribution >= 4 is 42.6 Å². The Kier molecular flexibility index (Phi) is 30.9. The molecule has 23 heavy (non-hydrogen) atoms. The standard InChI is InChI=1S/3C3H6ClFO.H3O4P/c3*4-3(1-5)2-6;1-5(2,3)4/h3*3,6H,1-2H2;(H3,1,2,3,4). The lowest BCUT2D eigenvalue weighted by Gasteiger charge is -1.92. The number of alkyl halides is 6. The minimum absolute atomic E-state index is 0.280. The molecule has 0 saturated carbocycles. The number of aliphatic hydroxyl groups excluding tert-OH is 3. The summed E-state index contributed by atoms with van der Waals surface area (Å²) in [6.45, 7) is -2.80. The molecule has 0 radical (unpaired) electrons. The van der Waals surface area contributed by atoms with Gasteiger partial charge in [0.1, 0.15) is 20.0 Å². The number of hydrogen-bond acceptors (Lipinski definition) is 4. The maximum atomic E-state index is 11.1. The molecule has 6 N–H and O–H groups in total. The molecule has 0 aliphatic rings. The normalized spacial score (nSPS) is 13.9. The van der Waals surface area contributed by atoms with E-state index in [9.17, 15) is 13.2 Å². The van der Waals surface area contributed by atoms with Crippen molar-refractivity contribution in [3.63, 3.8) is 0 Å². The summed E-state index contributed by atoms with van der Waals surface area (Å²) < 4.78 is 42.2. The number of aliphatic hydroxyl groups is 3. The fourth-order valence-corrected chi connectivity index (χ4v) is 0.146. The van der Waals surface area contributed by atoms with Gasteiger partial charge in [-0.25, -0.2) is 17.7 Å². The average Bonchev–Trinajstić information content (AvgIpc) is 2.51. The Bertz CT molecular complexity index is 223. The van der Waals surface area contributed by atoms with Crippen LogP contribution < -0.4 is 0 Å². The highest BCUT2D eigenvalue weighted by Gasteiger charge is 2.00. The fraction of sp³-hybridized carbons (Fsp3) is 1.00. The summed E-state index contributed by atoms with van der Waals surface area (Å²) in [5, 5.41) is 21.8. The molecule has 0 spiro atoms. The van der Waals surface area contributed by atoms with Gasteiger partial charge in [-0.1, -0.05) is 0 Å². The SMILES string of the molecule is O=P(O)(O)O.OCC(Cl)CF.OCC(Cl)CF.OCC(Cl)CF.